The van der Waals surface area contributed by atoms with Crippen molar-refractivity contribution < 1.29 is 14.3 Å². The van der Waals surface area contributed by atoms with Crippen molar-refractivity contribution in [2.75, 3.05) is 51.3 Å². The van der Waals surface area contributed by atoms with Crippen LogP contribution in [0.3, 0.4) is 0 Å². The van der Waals surface area contributed by atoms with Crippen molar-refractivity contribution in [1.29, 1.82) is 0 Å². The maximum absolute atomic E-state index is 12.0. The Morgan fingerprint density at radius 2 is 1.86 bits per heavy atom. The predicted octanol–water partition coefficient (Wildman–Crippen LogP) is 0.576. The van der Waals surface area contributed by atoms with Gasteiger partial charge in [0.1, 0.15) is 0 Å². The molecule has 0 spiro atoms. The Hall–Kier alpha value is -1.47. The summed E-state index contributed by atoms with van der Waals surface area (Å²) in [5.41, 5.74) is 1.78. The molecule has 1 amide bonds. The van der Waals surface area contributed by atoms with Crippen LogP contribution < -0.4 is 10.6 Å². The fourth-order valence-corrected chi connectivity index (χ4v) is 2.55. The maximum atomic E-state index is 12.0. The number of hydrogen-bond acceptors (Lipinski definition) is 5. The second-order valence-corrected chi connectivity index (χ2v) is 5.27. The highest BCUT2D eigenvalue weighted by atomic mass is 16.7. The van der Waals surface area contributed by atoms with E-state index in [1.807, 2.05) is 24.3 Å². The summed E-state index contributed by atoms with van der Waals surface area (Å²) in [5, 5.41) is 6.20. The van der Waals surface area contributed by atoms with E-state index in [4.69, 9.17) is 9.47 Å². The normalized spacial score (nSPS) is 20.6. The Morgan fingerprint density at radius 1 is 1.19 bits per heavy atom. The van der Waals surface area contributed by atoms with Crippen LogP contribution in [-0.2, 0) is 14.3 Å². The second-order valence-electron chi connectivity index (χ2n) is 5.27. The van der Waals surface area contributed by atoms with E-state index in [0.29, 0.717) is 19.8 Å². The van der Waals surface area contributed by atoms with E-state index >= 15 is 0 Å². The summed E-state index contributed by atoms with van der Waals surface area (Å²) in [6.07, 6.45) is -0.268. The molecule has 0 aromatic heterocycles. The number of anilines is 1. The Bertz CT molecular complexity index is 466. The van der Waals surface area contributed by atoms with Gasteiger partial charge in [-0.3, -0.25) is 9.69 Å². The molecule has 0 aliphatic carbocycles. The lowest BCUT2D eigenvalue weighted by Gasteiger charge is -2.26. The molecule has 2 aliphatic heterocycles. The highest BCUT2D eigenvalue weighted by Gasteiger charge is 2.18. The van der Waals surface area contributed by atoms with Crippen molar-refractivity contribution in [1.82, 2.24) is 10.2 Å². The van der Waals surface area contributed by atoms with Crippen LogP contribution >= 0.6 is 0 Å². The van der Waals surface area contributed by atoms with Gasteiger partial charge in [0.05, 0.1) is 19.8 Å². The van der Waals surface area contributed by atoms with Crippen molar-refractivity contribution >= 4 is 11.6 Å². The smallest absolute Gasteiger partial charge is 0.238 e. The molecule has 2 N–H and O–H groups in total. The molecule has 3 rings (SSSR count). The van der Waals surface area contributed by atoms with Crippen molar-refractivity contribution in [3.05, 3.63) is 29.8 Å². The summed E-state index contributed by atoms with van der Waals surface area (Å²) in [4.78, 5) is 14.2. The third kappa shape index (κ3) is 4.01. The van der Waals surface area contributed by atoms with Crippen LogP contribution in [0.15, 0.2) is 24.3 Å². The van der Waals surface area contributed by atoms with Crippen LogP contribution in [0.5, 0.6) is 0 Å². The second kappa shape index (κ2) is 7.00. The fraction of sp³-hybridized carbons (Fsp3) is 0.533. The average molecular weight is 291 g/mol. The van der Waals surface area contributed by atoms with E-state index in [1.165, 1.54) is 0 Å². The molecule has 0 saturated carbocycles. The Labute approximate surface area is 124 Å². The molecule has 114 valence electrons. The Kier molecular flexibility index (Phi) is 4.82. The van der Waals surface area contributed by atoms with E-state index in [1.54, 1.807) is 0 Å². The van der Waals surface area contributed by atoms with Crippen LogP contribution in [0.4, 0.5) is 5.69 Å². The van der Waals surface area contributed by atoms with Crippen LogP contribution in [0.1, 0.15) is 11.9 Å². The lowest BCUT2D eigenvalue weighted by atomic mass is 10.2. The number of carbonyl (C=O) groups excluding carboxylic acids is 1. The number of piperazine rings is 1. The van der Waals surface area contributed by atoms with E-state index in [2.05, 4.69) is 15.5 Å². The molecule has 0 bridgehead atoms. The fourth-order valence-electron chi connectivity index (χ4n) is 2.55. The molecule has 0 unspecified atom stereocenters. The van der Waals surface area contributed by atoms with Crippen molar-refractivity contribution in [3.8, 4) is 0 Å². The third-order valence-electron chi connectivity index (χ3n) is 3.67. The molecule has 1 aromatic carbocycles. The van der Waals surface area contributed by atoms with Crippen LogP contribution in [0, 0.1) is 0 Å². The van der Waals surface area contributed by atoms with Gasteiger partial charge in [0, 0.05) is 37.4 Å². The summed E-state index contributed by atoms with van der Waals surface area (Å²) in [5.74, 6) is 0.0259. The van der Waals surface area contributed by atoms with Crippen LogP contribution in [0.25, 0.3) is 0 Å². The highest BCUT2D eigenvalue weighted by molar-refractivity contribution is 5.92. The Morgan fingerprint density at radius 3 is 2.52 bits per heavy atom. The molecule has 6 nitrogen and oxygen atoms in total. The van der Waals surface area contributed by atoms with Crippen LogP contribution in [-0.4, -0.2) is 56.7 Å². The molecule has 2 heterocycles. The van der Waals surface area contributed by atoms with Gasteiger partial charge in [-0.2, -0.15) is 0 Å². The lowest BCUT2D eigenvalue weighted by molar-refractivity contribution is -0.117. The van der Waals surface area contributed by atoms with Crippen LogP contribution in [0.2, 0.25) is 0 Å². The maximum Gasteiger partial charge on any atom is 0.238 e. The number of nitrogens with zero attached hydrogens (tertiary/aromatic N) is 1. The zero-order chi connectivity index (χ0) is 14.5. The van der Waals surface area contributed by atoms with Crippen molar-refractivity contribution in [2.24, 2.45) is 0 Å². The molecule has 2 fully saturated rings. The largest absolute Gasteiger partial charge is 0.346 e. The molecule has 2 aliphatic rings. The summed E-state index contributed by atoms with van der Waals surface area (Å²) in [7, 11) is 0. The zero-order valence-electron chi connectivity index (χ0n) is 12.0. The first kappa shape index (κ1) is 14.5. The molecular formula is C15H21N3O3. The molecular weight excluding hydrogens is 270 g/mol. The minimum Gasteiger partial charge on any atom is -0.346 e. The van der Waals surface area contributed by atoms with Gasteiger partial charge in [-0.25, -0.2) is 0 Å². The molecule has 6 heteroatoms. The average Bonchev–Trinajstić information content (AvgIpc) is 3.03. The van der Waals surface area contributed by atoms with Gasteiger partial charge in [-0.05, 0) is 12.1 Å². The first-order valence-corrected chi connectivity index (χ1v) is 7.37. The van der Waals surface area contributed by atoms with E-state index < -0.39 is 0 Å². The molecule has 1 aromatic rings. The first-order chi connectivity index (χ1) is 10.3. The summed E-state index contributed by atoms with van der Waals surface area (Å²) >= 11 is 0. The number of ether oxygens (including phenoxy) is 2. The molecule has 21 heavy (non-hydrogen) atoms. The summed E-state index contributed by atoms with van der Waals surface area (Å²) in [6.45, 7) is 5.44. The highest BCUT2D eigenvalue weighted by Crippen LogP contribution is 2.24. The molecule has 0 atom stereocenters. The number of hydrogen-bond donors (Lipinski definition) is 2. The van der Waals surface area contributed by atoms with Gasteiger partial charge in [0.2, 0.25) is 5.91 Å². The SMILES string of the molecule is O=C(CN1CCNCC1)Nc1ccc(C2OCCO2)cc1. The topological polar surface area (TPSA) is 62.8 Å². The standard InChI is InChI=1S/C15H21N3O3/c19-14(11-18-7-5-16-6-8-18)17-13-3-1-12(2-4-13)15-20-9-10-21-15/h1-4,15-16H,5-11H2,(H,17,19). The quantitative estimate of drug-likeness (QED) is 0.849. The minimum atomic E-state index is -0.268. The van der Waals surface area contributed by atoms with Gasteiger partial charge >= 0.3 is 0 Å². The molecule has 0 radical (unpaired) electrons. The Balaban J connectivity index is 1.50. The van der Waals surface area contributed by atoms with Gasteiger partial charge in [0.15, 0.2) is 6.29 Å². The number of carbonyl (C=O) groups is 1. The first-order valence-electron chi connectivity index (χ1n) is 7.37. The molecule has 2 saturated heterocycles. The predicted molar refractivity (Wildman–Crippen MR) is 79.0 cm³/mol. The zero-order valence-corrected chi connectivity index (χ0v) is 12.0. The van der Waals surface area contributed by atoms with E-state index in [-0.39, 0.29) is 12.2 Å². The monoisotopic (exact) mass is 291 g/mol. The van der Waals surface area contributed by atoms with Gasteiger partial charge in [-0.15, -0.1) is 0 Å². The van der Waals surface area contributed by atoms with Crippen molar-refractivity contribution in [2.45, 2.75) is 6.29 Å². The van der Waals surface area contributed by atoms with E-state index in [0.717, 1.165) is 37.4 Å². The minimum absolute atomic E-state index is 0.0259. The number of rotatable bonds is 4. The lowest BCUT2D eigenvalue weighted by Crippen LogP contribution is -2.46. The summed E-state index contributed by atoms with van der Waals surface area (Å²) < 4.78 is 10.9. The van der Waals surface area contributed by atoms with Crippen molar-refractivity contribution in [3.63, 3.8) is 0 Å². The van der Waals surface area contributed by atoms with E-state index in [9.17, 15) is 4.79 Å². The number of nitrogens with one attached hydrogen (secondary N) is 2. The third-order valence-corrected chi connectivity index (χ3v) is 3.67. The number of amides is 1. The summed E-state index contributed by atoms with van der Waals surface area (Å²) in [6, 6.07) is 7.62. The van der Waals surface area contributed by atoms with Gasteiger partial charge < -0.3 is 20.1 Å². The van der Waals surface area contributed by atoms with Gasteiger partial charge in [-0.1, -0.05) is 12.1 Å². The number of benzene rings is 1. The van der Waals surface area contributed by atoms with Gasteiger partial charge in [0.25, 0.3) is 0 Å².